The lowest BCUT2D eigenvalue weighted by molar-refractivity contribution is -0.0648. The molecule has 0 radical (unpaired) electrons. The van der Waals surface area contributed by atoms with Crippen LogP contribution in [0.4, 0.5) is 17.7 Å². The van der Waals surface area contributed by atoms with Crippen molar-refractivity contribution in [3.05, 3.63) is 45.5 Å². The molecule has 6 aromatic rings. The van der Waals surface area contributed by atoms with Crippen molar-refractivity contribution < 1.29 is 60.7 Å². The largest absolute Gasteiger partial charge is 0.472 e. The van der Waals surface area contributed by atoms with Gasteiger partial charge in [0, 0.05) is 32.5 Å². The Morgan fingerprint density at radius 1 is 0.848 bits per heavy atom. The van der Waals surface area contributed by atoms with Crippen LogP contribution < -0.4 is 28.3 Å². The molecule has 3 fully saturated rings. The Bertz CT molecular complexity index is 3070. The Balaban J connectivity index is 1.01. The van der Waals surface area contributed by atoms with Crippen LogP contribution in [0.2, 0.25) is 0 Å². The van der Waals surface area contributed by atoms with E-state index in [4.69, 9.17) is 59.0 Å². The van der Waals surface area contributed by atoms with E-state index in [2.05, 4.69) is 44.9 Å². The molecule has 30 nitrogen and oxygen atoms in total. The van der Waals surface area contributed by atoms with Crippen LogP contribution in [-0.4, -0.2) is 139 Å². The minimum atomic E-state index is -5.15. The fourth-order valence-electron chi connectivity index (χ4n) is 9.13. The molecule has 10 rings (SSSR count). The molecule has 2 bridgehead atoms. The van der Waals surface area contributed by atoms with E-state index in [9.17, 15) is 28.5 Å². The molecule has 0 amide bonds. The number of fused-ring (bicyclic) bond motifs is 9. The number of nitrogens with zero attached hydrogens (tertiary/aromatic N) is 10. The zero-order valence-corrected chi connectivity index (χ0v) is 36.9. The summed E-state index contributed by atoms with van der Waals surface area (Å²) in [5.74, 6) is -1.77. The Hall–Kier alpha value is -5.33. The van der Waals surface area contributed by atoms with Gasteiger partial charge >= 0.3 is 15.6 Å². The predicted octanol–water partition coefficient (Wildman–Crippen LogP) is -0.606. The number of rotatable bonds is 9. The molecule has 10 N–H and O–H groups in total. The van der Waals surface area contributed by atoms with Crippen molar-refractivity contribution in [3.8, 4) is 0 Å². The van der Waals surface area contributed by atoms with E-state index in [1.807, 2.05) is 0 Å². The highest BCUT2D eigenvalue weighted by atomic mass is 31.2. The highest BCUT2D eigenvalue weighted by Gasteiger charge is 2.54. The number of anilines is 3. The topological polar surface area (TPSA) is 406 Å². The first-order valence-corrected chi connectivity index (χ1v) is 23.2. The van der Waals surface area contributed by atoms with Gasteiger partial charge in [-0.25, -0.2) is 34.0 Å². The van der Waals surface area contributed by atoms with E-state index >= 15 is 0 Å². The normalized spacial score (nSPS) is 33.5. The molecule has 4 aliphatic rings. The average Bonchev–Trinajstić information content (AvgIpc) is 4.11. The maximum atomic E-state index is 14.0. The van der Waals surface area contributed by atoms with E-state index in [0.717, 1.165) is 0 Å². The maximum absolute atomic E-state index is 14.0. The van der Waals surface area contributed by atoms with Gasteiger partial charge in [0.25, 0.3) is 11.1 Å². The molecule has 66 heavy (non-hydrogen) atoms. The fraction of sp³-hybridized carbons (Fsp3) is 0.559. The van der Waals surface area contributed by atoms with Crippen LogP contribution in [0, 0.1) is 11.8 Å². The van der Waals surface area contributed by atoms with E-state index in [1.165, 1.54) is 42.3 Å². The zero-order chi connectivity index (χ0) is 46.6. The smallest absolute Gasteiger partial charge is 0.382 e. The molecule has 0 saturated carbocycles. The summed E-state index contributed by atoms with van der Waals surface area (Å²) in [6.45, 7) is 2.08. The quantitative estimate of drug-likeness (QED) is 0.0889. The van der Waals surface area contributed by atoms with Crippen molar-refractivity contribution in [3.63, 3.8) is 0 Å². The number of phosphoric acid groups is 2. The van der Waals surface area contributed by atoms with Crippen molar-refractivity contribution in [2.24, 2.45) is 11.8 Å². The Kier molecular flexibility index (Phi) is 11.1. The number of ether oxygens (including phenoxy) is 5. The van der Waals surface area contributed by atoms with Crippen LogP contribution in [0.5, 0.6) is 0 Å². The van der Waals surface area contributed by atoms with Crippen LogP contribution >= 0.6 is 15.6 Å². The maximum Gasteiger partial charge on any atom is 0.472 e. The third-order valence-corrected chi connectivity index (χ3v) is 14.1. The van der Waals surface area contributed by atoms with Gasteiger partial charge in [-0.05, 0) is 6.92 Å². The molecule has 14 atom stereocenters. The minimum Gasteiger partial charge on any atom is -0.382 e. The SMILES string of the molecule is COC1C(OP(=O)(O)OC[C@H]2O[C@@H](n3cnc4c(N)ncnc43)C3Cc4nc5c(=O)[nH]c(N)nc5n4[C@@H]4O[C@H](COP(=O)(O)OC32)C(C)C4OC)[C@@H](C)O[C@H]1n1cnc2c(=O)[nH]c(N)nc21. The molecule has 354 valence electrons. The van der Waals surface area contributed by atoms with Gasteiger partial charge in [0.2, 0.25) is 11.9 Å². The number of nitrogen functional groups attached to an aromatic ring is 3. The lowest BCUT2D eigenvalue weighted by Crippen LogP contribution is -2.36. The molecule has 0 aliphatic carbocycles. The molecule has 0 aromatic carbocycles. The second kappa shape index (κ2) is 16.5. The number of phosphoric ester groups is 2. The number of methoxy groups -OCH3 is 2. The van der Waals surface area contributed by atoms with Crippen molar-refractivity contribution in [1.82, 2.24) is 58.6 Å². The molecule has 0 spiro atoms. The molecule has 6 aromatic heterocycles. The third kappa shape index (κ3) is 7.56. The summed E-state index contributed by atoms with van der Waals surface area (Å²) < 4.78 is 85.8. The van der Waals surface area contributed by atoms with Crippen LogP contribution in [0.1, 0.15) is 38.4 Å². The first kappa shape index (κ1) is 44.5. The molecular weight excluding hydrogens is 920 g/mol. The van der Waals surface area contributed by atoms with Gasteiger partial charge in [0.1, 0.15) is 54.4 Å². The summed E-state index contributed by atoms with van der Waals surface area (Å²) >= 11 is 0. The van der Waals surface area contributed by atoms with Crippen LogP contribution in [0.3, 0.4) is 0 Å². The number of aromatic amines is 2. The van der Waals surface area contributed by atoms with Crippen molar-refractivity contribution in [2.45, 2.75) is 81.7 Å². The summed E-state index contributed by atoms with van der Waals surface area (Å²) in [7, 11) is -7.43. The number of hydrogen-bond acceptors (Lipinski definition) is 23. The lowest BCUT2D eigenvalue weighted by Gasteiger charge is -2.29. The summed E-state index contributed by atoms with van der Waals surface area (Å²) in [6, 6.07) is 0. The van der Waals surface area contributed by atoms with Gasteiger partial charge in [-0.15, -0.1) is 0 Å². The number of nitrogens with one attached hydrogen (secondary N) is 2. The van der Waals surface area contributed by atoms with Crippen LogP contribution in [0.25, 0.3) is 33.5 Å². The number of aromatic nitrogens is 12. The van der Waals surface area contributed by atoms with E-state index in [1.54, 1.807) is 18.4 Å². The summed E-state index contributed by atoms with van der Waals surface area (Å²) in [6.07, 6.45) is -7.60. The van der Waals surface area contributed by atoms with Gasteiger partial charge in [0.15, 0.2) is 46.2 Å². The fourth-order valence-corrected chi connectivity index (χ4v) is 11.1. The standard InChI is InChI=1S/C34H43N15O15P2/c1-11-14-6-58-66(54,55)64-22-13(5-16-42-19-27(44-34(37)46-29(19)51)49(16)32(61-14)20(11)56-3)30(47-9-40-17-24(35)38-8-39-25(17)47)62-15(22)7-59-65(52,53)63-21-12(2)60-31(23(21)57-4)48-10-41-18-26(48)43-33(36)45-28(18)50/h8-15,20-23,30-32H,5-7H2,1-4H3,(H,52,53)(H,54,55)(H2,35,38,39)(H3,36,43,45,50)(H3,37,44,46,51)/t11?,12-,13?,14-,15-,20?,21?,22?,23?,30-,31-,32-/m1/s1. The highest BCUT2D eigenvalue weighted by Crippen LogP contribution is 2.55. The van der Waals surface area contributed by atoms with Gasteiger partial charge in [-0.2, -0.15) is 9.97 Å². The average molecular weight is 964 g/mol. The summed E-state index contributed by atoms with van der Waals surface area (Å²) in [5, 5.41) is 0. The monoisotopic (exact) mass is 963 g/mol. The number of hydrogen-bond donors (Lipinski definition) is 7. The molecule has 8 unspecified atom stereocenters. The third-order valence-electron chi connectivity index (χ3n) is 12.1. The molecule has 4 aliphatic heterocycles. The number of H-pyrrole nitrogens is 2. The van der Waals surface area contributed by atoms with Crippen LogP contribution in [-0.2, 0) is 57.3 Å². The van der Waals surface area contributed by atoms with Crippen molar-refractivity contribution >= 4 is 66.9 Å². The van der Waals surface area contributed by atoms with Crippen LogP contribution in [0.15, 0.2) is 28.6 Å². The minimum absolute atomic E-state index is 0.0316. The van der Waals surface area contributed by atoms with E-state index < -0.39 is 113 Å². The first-order chi connectivity index (χ1) is 31.5. The predicted molar refractivity (Wildman–Crippen MR) is 222 cm³/mol. The van der Waals surface area contributed by atoms with E-state index in [0.29, 0.717) is 0 Å². The summed E-state index contributed by atoms with van der Waals surface area (Å²) in [5.41, 5.74) is 17.0. The second-order valence-corrected chi connectivity index (χ2v) is 18.9. The number of imidazole rings is 3. The zero-order valence-electron chi connectivity index (χ0n) is 35.1. The molecule has 3 saturated heterocycles. The Morgan fingerprint density at radius 2 is 1.53 bits per heavy atom. The second-order valence-electron chi connectivity index (χ2n) is 16.0. The van der Waals surface area contributed by atoms with Crippen molar-refractivity contribution in [1.29, 1.82) is 0 Å². The van der Waals surface area contributed by atoms with Gasteiger partial charge in [0.05, 0.1) is 38.1 Å². The highest BCUT2D eigenvalue weighted by molar-refractivity contribution is 7.47. The van der Waals surface area contributed by atoms with Gasteiger partial charge in [-0.1, -0.05) is 6.92 Å². The van der Waals surface area contributed by atoms with Gasteiger partial charge in [-0.3, -0.25) is 51.4 Å². The van der Waals surface area contributed by atoms with E-state index in [-0.39, 0.29) is 63.5 Å². The molecular formula is C34H43N15O15P2. The summed E-state index contributed by atoms with van der Waals surface area (Å²) in [4.78, 5) is 83.5. The van der Waals surface area contributed by atoms with Crippen molar-refractivity contribution in [2.75, 3.05) is 44.6 Å². The lowest BCUT2D eigenvalue weighted by atomic mass is 9.95. The Morgan fingerprint density at radius 3 is 2.26 bits per heavy atom. The molecule has 32 heteroatoms. The van der Waals surface area contributed by atoms with Gasteiger partial charge < -0.3 is 50.7 Å². The molecule has 10 heterocycles. The Labute approximate surface area is 369 Å². The number of nitrogens with two attached hydrogens (primary N) is 3. The first-order valence-electron chi connectivity index (χ1n) is 20.2.